The van der Waals surface area contributed by atoms with E-state index in [-0.39, 0.29) is 0 Å². The maximum atomic E-state index is 3.93. The summed E-state index contributed by atoms with van der Waals surface area (Å²) in [4.78, 5) is 3.93. The van der Waals surface area contributed by atoms with Crippen molar-refractivity contribution in [2.75, 3.05) is 7.05 Å². The molecule has 11 heavy (non-hydrogen) atoms. The van der Waals surface area contributed by atoms with Crippen molar-refractivity contribution in [1.82, 2.24) is 4.57 Å². The number of aliphatic imine (C=N–C) groups is 1. The lowest BCUT2D eigenvalue weighted by molar-refractivity contribution is 1.16. The first-order valence-corrected chi connectivity index (χ1v) is 3.60. The molecule has 0 spiro atoms. The quantitative estimate of drug-likeness (QED) is 0.451. The molecule has 0 bridgehead atoms. The van der Waals surface area contributed by atoms with Gasteiger partial charge in [0.15, 0.2) is 0 Å². The first-order valence-electron chi connectivity index (χ1n) is 3.60. The van der Waals surface area contributed by atoms with Crippen LogP contribution in [0.3, 0.4) is 0 Å². The molecule has 0 aliphatic heterocycles. The average Bonchev–Trinajstić information content (AvgIpc) is 2.39. The molecule has 1 rings (SSSR count). The largest absolute Gasteiger partial charge is 0.308 e. The number of hydrogen-bond donors (Lipinski definition) is 0. The van der Waals surface area contributed by atoms with E-state index in [0.29, 0.717) is 0 Å². The topological polar surface area (TPSA) is 17.3 Å². The van der Waals surface area contributed by atoms with Crippen LogP contribution in [0.1, 0.15) is 12.6 Å². The average molecular weight is 148 g/mol. The van der Waals surface area contributed by atoms with Gasteiger partial charge in [0.2, 0.25) is 0 Å². The molecule has 0 saturated carbocycles. The standard InChI is InChI=1S/C9H12N2/c1-3-5-9-6-4-7-11(9)8-10-2/h3-8H,1-2H3/b5-3-,10-8?. The Morgan fingerprint density at radius 2 is 2.36 bits per heavy atom. The van der Waals surface area contributed by atoms with Crippen LogP contribution in [-0.4, -0.2) is 18.0 Å². The van der Waals surface area contributed by atoms with E-state index >= 15 is 0 Å². The van der Waals surface area contributed by atoms with Crippen LogP contribution in [0.5, 0.6) is 0 Å². The Morgan fingerprint density at radius 1 is 1.55 bits per heavy atom. The lowest BCUT2D eigenvalue weighted by Crippen LogP contribution is -1.94. The van der Waals surface area contributed by atoms with Gasteiger partial charge in [-0.15, -0.1) is 0 Å². The molecule has 1 aromatic heterocycles. The lowest BCUT2D eigenvalue weighted by atomic mass is 10.4. The van der Waals surface area contributed by atoms with E-state index in [1.165, 1.54) is 0 Å². The summed E-state index contributed by atoms with van der Waals surface area (Å²) in [5.74, 6) is 0. The third kappa shape index (κ3) is 1.80. The summed E-state index contributed by atoms with van der Waals surface area (Å²) < 4.78 is 1.97. The fourth-order valence-electron chi connectivity index (χ4n) is 0.948. The molecule has 0 radical (unpaired) electrons. The van der Waals surface area contributed by atoms with Crippen molar-refractivity contribution in [2.24, 2.45) is 4.99 Å². The van der Waals surface area contributed by atoms with Crippen molar-refractivity contribution in [2.45, 2.75) is 6.92 Å². The van der Waals surface area contributed by atoms with Crippen molar-refractivity contribution in [1.29, 1.82) is 0 Å². The second kappa shape index (κ2) is 3.76. The van der Waals surface area contributed by atoms with Crippen LogP contribution in [0, 0.1) is 0 Å². The zero-order chi connectivity index (χ0) is 8.10. The molecular formula is C9H12N2. The van der Waals surface area contributed by atoms with Crippen molar-refractivity contribution < 1.29 is 0 Å². The highest BCUT2D eigenvalue weighted by Crippen LogP contribution is 2.01. The van der Waals surface area contributed by atoms with Gasteiger partial charge in [-0.2, -0.15) is 0 Å². The first-order chi connectivity index (χ1) is 5.38. The monoisotopic (exact) mass is 148 g/mol. The van der Waals surface area contributed by atoms with Crippen molar-refractivity contribution in [3.8, 4) is 0 Å². The number of nitrogens with zero attached hydrogens (tertiary/aromatic N) is 2. The van der Waals surface area contributed by atoms with Crippen molar-refractivity contribution >= 4 is 12.4 Å². The maximum absolute atomic E-state index is 3.93. The van der Waals surface area contributed by atoms with E-state index in [9.17, 15) is 0 Å². The van der Waals surface area contributed by atoms with Crippen molar-refractivity contribution in [3.63, 3.8) is 0 Å². The van der Waals surface area contributed by atoms with E-state index < -0.39 is 0 Å². The zero-order valence-electron chi connectivity index (χ0n) is 6.86. The van der Waals surface area contributed by atoms with E-state index in [2.05, 4.69) is 4.99 Å². The molecule has 0 amide bonds. The number of hydrogen-bond acceptors (Lipinski definition) is 1. The molecule has 0 aliphatic rings. The Bertz CT molecular complexity index is 242. The first kappa shape index (κ1) is 7.79. The Morgan fingerprint density at radius 3 is 3.00 bits per heavy atom. The van der Waals surface area contributed by atoms with Gasteiger partial charge < -0.3 is 4.57 Å². The summed E-state index contributed by atoms with van der Waals surface area (Å²) in [6, 6.07) is 4.04. The Balaban J connectivity index is 2.95. The number of allylic oxidation sites excluding steroid dienone is 1. The van der Waals surface area contributed by atoms with Gasteiger partial charge in [0.25, 0.3) is 0 Å². The fourth-order valence-corrected chi connectivity index (χ4v) is 0.948. The molecular weight excluding hydrogens is 136 g/mol. The van der Waals surface area contributed by atoms with Gasteiger partial charge in [0.05, 0.1) is 6.34 Å². The molecule has 0 N–H and O–H groups in total. The minimum absolute atomic E-state index is 1.15. The van der Waals surface area contributed by atoms with Gasteiger partial charge in [-0.25, -0.2) is 0 Å². The van der Waals surface area contributed by atoms with E-state index in [1.807, 2.05) is 42.0 Å². The highest BCUT2D eigenvalue weighted by molar-refractivity contribution is 5.64. The van der Waals surface area contributed by atoms with Crippen LogP contribution in [0.15, 0.2) is 29.4 Å². The zero-order valence-corrected chi connectivity index (χ0v) is 6.86. The second-order valence-electron chi connectivity index (χ2n) is 2.21. The fraction of sp³-hybridized carbons (Fsp3) is 0.222. The van der Waals surface area contributed by atoms with Crippen LogP contribution in [0.2, 0.25) is 0 Å². The highest BCUT2D eigenvalue weighted by atomic mass is 15.0. The van der Waals surface area contributed by atoms with Gasteiger partial charge in [-0.3, -0.25) is 4.99 Å². The molecule has 0 aromatic carbocycles. The molecule has 0 saturated heterocycles. The van der Waals surface area contributed by atoms with Crippen LogP contribution < -0.4 is 0 Å². The summed E-state index contributed by atoms with van der Waals surface area (Å²) in [5.41, 5.74) is 1.15. The van der Waals surface area contributed by atoms with Gasteiger partial charge in [-0.05, 0) is 25.1 Å². The third-order valence-corrected chi connectivity index (χ3v) is 1.39. The molecule has 0 aliphatic carbocycles. The molecule has 0 unspecified atom stereocenters. The highest BCUT2D eigenvalue weighted by Gasteiger charge is 1.90. The van der Waals surface area contributed by atoms with Crippen LogP contribution in [-0.2, 0) is 0 Å². The van der Waals surface area contributed by atoms with E-state index in [0.717, 1.165) is 5.69 Å². The molecule has 2 nitrogen and oxygen atoms in total. The Hall–Kier alpha value is -1.31. The molecule has 2 heteroatoms. The molecule has 58 valence electrons. The number of rotatable bonds is 2. The van der Waals surface area contributed by atoms with Gasteiger partial charge in [0.1, 0.15) is 0 Å². The predicted octanol–water partition coefficient (Wildman–Crippen LogP) is 2.03. The Labute approximate surface area is 66.9 Å². The maximum Gasteiger partial charge on any atom is 0.0931 e. The van der Waals surface area contributed by atoms with E-state index in [1.54, 1.807) is 13.4 Å². The second-order valence-corrected chi connectivity index (χ2v) is 2.21. The van der Waals surface area contributed by atoms with Gasteiger partial charge >= 0.3 is 0 Å². The van der Waals surface area contributed by atoms with E-state index in [4.69, 9.17) is 0 Å². The summed E-state index contributed by atoms with van der Waals surface area (Å²) >= 11 is 0. The third-order valence-electron chi connectivity index (χ3n) is 1.39. The summed E-state index contributed by atoms with van der Waals surface area (Å²) in [5, 5.41) is 0. The Kier molecular flexibility index (Phi) is 2.66. The lowest BCUT2D eigenvalue weighted by Gasteiger charge is -1.95. The molecule has 0 fully saturated rings. The van der Waals surface area contributed by atoms with Crippen LogP contribution in [0.4, 0.5) is 0 Å². The summed E-state index contributed by atoms with van der Waals surface area (Å²) in [6.07, 6.45) is 7.81. The molecule has 1 aromatic rings. The number of aromatic nitrogens is 1. The smallest absolute Gasteiger partial charge is 0.0931 e. The molecule has 0 atom stereocenters. The van der Waals surface area contributed by atoms with Gasteiger partial charge in [0, 0.05) is 18.9 Å². The SMILES string of the molecule is C/C=C\c1cccn1C=NC. The van der Waals surface area contributed by atoms with Crippen molar-refractivity contribution in [3.05, 3.63) is 30.1 Å². The minimum atomic E-state index is 1.15. The normalized spacial score (nSPS) is 11.8. The van der Waals surface area contributed by atoms with Crippen LogP contribution in [0.25, 0.3) is 6.08 Å². The minimum Gasteiger partial charge on any atom is -0.308 e. The summed E-state index contributed by atoms with van der Waals surface area (Å²) in [7, 11) is 1.76. The predicted molar refractivity (Wildman–Crippen MR) is 49.0 cm³/mol. The van der Waals surface area contributed by atoms with Crippen LogP contribution >= 0.6 is 0 Å². The summed E-state index contributed by atoms with van der Waals surface area (Å²) in [6.45, 7) is 2.00. The molecule has 1 heterocycles. The van der Waals surface area contributed by atoms with Gasteiger partial charge in [-0.1, -0.05) is 6.08 Å².